The lowest BCUT2D eigenvalue weighted by molar-refractivity contribution is 0.404. The van der Waals surface area contributed by atoms with E-state index >= 15 is 0 Å². The van der Waals surface area contributed by atoms with Crippen molar-refractivity contribution in [3.05, 3.63) is 96.7 Å². The first kappa shape index (κ1) is 19.2. The van der Waals surface area contributed by atoms with Crippen molar-refractivity contribution in [3.63, 3.8) is 0 Å². The van der Waals surface area contributed by atoms with Crippen LogP contribution >= 0.6 is 0 Å². The number of fused-ring (bicyclic) bond motifs is 1. The average molecular weight is 403 g/mol. The lowest BCUT2D eigenvalue weighted by Gasteiger charge is -2.15. The van der Waals surface area contributed by atoms with E-state index < -0.39 is 9.73 Å². The van der Waals surface area contributed by atoms with Crippen molar-refractivity contribution in [2.45, 2.75) is 11.3 Å². The molecule has 1 atom stereocenters. The highest BCUT2D eigenvalue weighted by atomic mass is 32.2. The Morgan fingerprint density at radius 3 is 2.48 bits per heavy atom. The summed E-state index contributed by atoms with van der Waals surface area (Å²) in [5, 5.41) is 0.971. The smallest absolute Gasteiger partial charge is 0.135 e. The molecule has 1 aromatic heterocycles. The Labute approximate surface area is 171 Å². The molecule has 4 rings (SSSR count). The first-order chi connectivity index (χ1) is 14.2. The van der Waals surface area contributed by atoms with Crippen molar-refractivity contribution >= 4 is 26.3 Å². The molecule has 0 spiro atoms. The molecular weight excluding hydrogens is 380 g/mol. The summed E-state index contributed by atoms with van der Waals surface area (Å²) in [6.45, 7) is 0. The molecule has 0 saturated heterocycles. The number of aromatic nitrogens is 1. The molecular formula is C24H22N2O2S. The summed E-state index contributed by atoms with van der Waals surface area (Å²) < 4.78 is 24.6. The summed E-state index contributed by atoms with van der Waals surface area (Å²) in [6.07, 6.45) is 2.38. The largest absolute Gasteiger partial charge is 0.495 e. The SMILES string of the molecule is COc1ccccc1S(=O)(CCc1ccccc1)=Nc1cccc2cccnc12. The van der Waals surface area contributed by atoms with Gasteiger partial charge in [0, 0.05) is 17.3 Å². The Morgan fingerprint density at radius 1 is 0.897 bits per heavy atom. The van der Waals surface area contributed by atoms with Crippen LogP contribution in [0.15, 0.2) is 100 Å². The molecule has 0 fully saturated rings. The topological polar surface area (TPSA) is 51.5 Å². The van der Waals surface area contributed by atoms with E-state index in [1.54, 1.807) is 13.3 Å². The van der Waals surface area contributed by atoms with Crippen LogP contribution in [0.5, 0.6) is 5.75 Å². The van der Waals surface area contributed by atoms with Crippen LogP contribution in [0.4, 0.5) is 5.69 Å². The van der Waals surface area contributed by atoms with Gasteiger partial charge in [-0.3, -0.25) is 4.98 Å². The molecule has 1 heterocycles. The van der Waals surface area contributed by atoms with Crippen LogP contribution in [-0.4, -0.2) is 22.1 Å². The molecule has 0 N–H and O–H groups in total. The predicted octanol–water partition coefficient (Wildman–Crippen LogP) is 5.64. The van der Waals surface area contributed by atoms with Gasteiger partial charge in [0.05, 0.1) is 32.9 Å². The van der Waals surface area contributed by atoms with E-state index in [4.69, 9.17) is 9.10 Å². The fourth-order valence-corrected chi connectivity index (χ4v) is 5.45. The Morgan fingerprint density at radius 2 is 1.66 bits per heavy atom. The number of ether oxygens (including phenoxy) is 1. The Kier molecular flexibility index (Phi) is 5.58. The number of para-hydroxylation sites is 2. The Hall–Kier alpha value is -3.18. The lowest BCUT2D eigenvalue weighted by atomic mass is 10.2. The molecule has 0 aliphatic rings. The highest BCUT2D eigenvalue weighted by Gasteiger charge is 2.19. The molecule has 146 valence electrons. The number of benzene rings is 3. The summed E-state index contributed by atoms with van der Waals surface area (Å²) in [5.41, 5.74) is 2.51. The molecule has 0 saturated carbocycles. The van der Waals surface area contributed by atoms with Gasteiger partial charge < -0.3 is 4.74 Å². The van der Waals surface area contributed by atoms with Gasteiger partial charge in [0.2, 0.25) is 0 Å². The summed E-state index contributed by atoms with van der Waals surface area (Å²) in [7, 11) is -1.20. The van der Waals surface area contributed by atoms with E-state index in [2.05, 4.69) is 4.98 Å². The third-order valence-corrected chi connectivity index (χ3v) is 7.05. The zero-order chi connectivity index (χ0) is 20.1. The normalized spacial score (nSPS) is 13.0. The highest BCUT2D eigenvalue weighted by Crippen LogP contribution is 2.32. The van der Waals surface area contributed by atoms with Crippen LogP contribution in [0, 0.1) is 0 Å². The third-order valence-electron chi connectivity index (χ3n) is 4.78. The predicted molar refractivity (Wildman–Crippen MR) is 118 cm³/mol. The highest BCUT2D eigenvalue weighted by molar-refractivity contribution is 7.93. The van der Waals surface area contributed by atoms with Gasteiger partial charge in [-0.25, -0.2) is 4.21 Å². The molecule has 4 nitrogen and oxygen atoms in total. The van der Waals surface area contributed by atoms with Gasteiger partial charge in [-0.15, -0.1) is 0 Å². The summed E-state index contributed by atoms with van der Waals surface area (Å²) in [4.78, 5) is 5.09. The number of nitrogens with zero attached hydrogens (tertiary/aromatic N) is 2. The van der Waals surface area contributed by atoms with Gasteiger partial charge in [0.25, 0.3) is 0 Å². The van der Waals surface area contributed by atoms with Crippen molar-refractivity contribution in [2.75, 3.05) is 12.9 Å². The molecule has 5 heteroatoms. The number of hydrogen-bond acceptors (Lipinski definition) is 4. The van der Waals surface area contributed by atoms with Gasteiger partial charge in [0.15, 0.2) is 0 Å². The van der Waals surface area contributed by atoms with Crippen LogP contribution in [0.1, 0.15) is 5.56 Å². The van der Waals surface area contributed by atoms with Gasteiger partial charge >= 0.3 is 0 Å². The maximum absolute atomic E-state index is 14.3. The monoisotopic (exact) mass is 402 g/mol. The van der Waals surface area contributed by atoms with E-state index in [9.17, 15) is 4.21 Å². The number of rotatable bonds is 6. The number of hydrogen-bond donors (Lipinski definition) is 0. The number of pyridine rings is 1. The molecule has 3 aromatic carbocycles. The van der Waals surface area contributed by atoms with Crippen molar-refractivity contribution in [1.82, 2.24) is 4.98 Å². The Bertz CT molecular complexity index is 1240. The molecule has 0 radical (unpaired) electrons. The van der Waals surface area contributed by atoms with Crippen molar-refractivity contribution < 1.29 is 8.95 Å². The molecule has 0 aliphatic carbocycles. The summed E-state index contributed by atoms with van der Waals surface area (Å²) in [5.74, 6) is 0.975. The van der Waals surface area contributed by atoms with Crippen LogP contribution in [0.25, 0.3) is 10.9 Å². The molecule has 29 heavy (non-hydrogen) atoms. The average Bonchev–Trinajstić information content (AvgIpc) is 2.79. The van der Waals surface area contributed by atoms with E-state index in [0.29, 0.717) is 28.5 Å². The molecule has 4 aromatic rings. The van der Waals surface area contributed by atoms with Gasteiger partial charge in [-0.05, 0) is 36.2 Å². The van der Waals surface area contributed by atoms with Crippen molar-refractivity contribution in [2.24, 2.45) is 4.36 Å². The fourth-order valence-electron chi connectivity index (χ4n) is 3.31. The maximum atomic E-state index is 14.3. The van der Waals surface area contributed by atoms with E-state index in [-0.39, 0.29) is 0 Å². The second-order valence-electron chi connectivity index (χ2n) is 6.67. The fraction of sp³-hybridized carbons (Fsp3) is 0.125. The minimum Gasteiger partial charge on any atom is -0.495 e. The zero-order valence-corrected chi connectivity index (χ0v) is 17.0. The molecule has 0 amide bonds. The quantitative estimate of drug-likeness (QED) is 0.419. The van der Waals surface area contributed by atoms with Gasteiger partial charge in [-0.1, -0.05) is 60.7 Å². The van der Waals surface area contributed by atoms with Crippen molar-refractivity contribution in [1.29, 1.82) is 0 Å². The second kappa shape index (κ2) is 8.45. The van der Waals surface area contributed by atoms with E-state index in [0.717, 1.165) is 16.5 Å². The summed E-state index contributed by atoms with van der Waals surface area (Å²) >= 11 is 0. The van der Waals surface area contributed by atoms with E-state index in [1.165, 1.54) is 0 Å². The van der Waals surface area contributed by atoms with Crippen LogP contribution in [-0.2, 0) is 16.1 Å². The zero-order valence-electron chi connectivity index (χ0n) is 16.2. The van der Waals surface area contributed by atoms with Crippen LogP contribution < -0.4 is 4.74 Å². The first-order valence-corrected chi connectivity index (χ1v) is 11.1. The molecule has 0 bridgehead atoms. The van der Waals surface area contributed by atoms with Crippen molar-refractivity contribution in [3.8, 4) is 5.75 Å². The minimum atomic E-state index is -2.79. The second-order valence-corrected chi connectivity index (χ2v) is 8.99. The number of aryl methyl sites for hydroxylation is 1. The lowest BCUT2D eigenvalue weighted by Crippen LogP contribution is -2.10. The Balaban J connectivity index is 1.87. The minimum absolute atomic E-state index is 0.389. The molecule has 1 unspecified atom stereocenters. The van der Waals surface area contributed by atoms with Gasteiger partial charge in [-0.2, -0.15) is 4.36 Å². The summed E-state index contributed by atoms with van der Waals surface area (Å²) in [6, 6.07) is 27.1. The standard InChI is InChI=1S/C24H22N2O2S/c1-28-22-14-5-6-15-23(22)29(27,18-16-19-9-3-2-4-10-19)26-21-13-7-11-20-12-8-17-25-24(20)21/h2-15,17H,16,18H2,1H3. The number of methoxy groups -OCH3 is 1. The first-order valence-electron chi connectivity index (χ1n) is 9.45. The van der Waals surface area contributed by atoms with Crippen LogP contribution in [0.2, 0.25) is 0 Å². The maximum Gasteiger partial charge on any atom is 0.135 e. The van der Waals surface area contributed by atoms with Crippen LogP contribution in [0.3, 0.4) is 0 Å². The molecule has 0 aliphatic heterocycles. The van der Waals surface area contributed by atoms with E-state index in [1.807, 2.05) is 84.9 Å². The third kappa shape index (κ3) is 4.15. The van der Waals surface area contributed by atoms with Gasteiger partial charge in [0.1, 0.15) is 5.75 Å².